The van der Waals surface area contributed by atoms with E-state index >= 15 is 0 Å². The van der Waals surface area contributed by atoms with Crippen molar-refractivity contribution in [2.24, 2.45) is 0 Å². The molecule has 136 valence electrons. The lowest BCUT2D eigenvalue weighted by Gasteiger charge is -2.13. The maximum absolute atomic E-state index is 5.45. The second-order valence-electron chi connectivity index (χ2n) is 6.30. The predicted octanol–water partition coefficient (Wildman–Crippen LogP) is 4.20. The Morgan fingerprint density at radius 1 is 1.04 bits per heavy atom. The smallest absolute Gasteiger partial charge is 0.241 e. The third-order valence-electron chi connectivity index (χ3n) is 4.14. The first-order valence-electron chi connectivity index (χ1n) is 9.03. The molecule has 0 spiro atoms. The number of ether oxygens (including phenoxy) is 1. The van der Waals surface area contributed by atoms with E-state index in [1.807, 2.05) is 37.3 Å². The Morgan fingerprint density at radius 3 is 2.54 bits per heavy atom. The number of nitrogens with zero attached hydrogens (tertiary/aromatic N) is 3. The Bertz CT molecular complexity index is 785. The Kier molecular flexibility index (Phi) is 6.39. The molecule has 0 bridgehead atoms. The normalized spacial score (nSPS) is 11.0. The maximum atomic E-state index is 5.45. The lowest BCUT2D eigenvalue weighted by Crippen LogP contribution is -2.19. The molecule has 3 aromatic rings. The molecule has 0 aliphatic heterocycles. The van der Waals surface area contributed by atoms with Gasteiger partial charge in [-0.2, -0.15) is 4.98 Å². The van der Waals surface area contributed by atoms with Crippen LogP contribution in [0.3, 0.4) is 0 Å². The van der Waals surface area contributed by atoms with Gasteiger partial charge in [0.25, 0.3) is 0 Å². The zero-order chi connectivity index (χ0) is 18.2. The maximum Gasteiger partial charge on any atom is 0.241 e. The number of hydrogen-bond donors (Lipinski definition) is 0. The Morgan fingerprint density at radius 2 is 1.81 bits per heavy atom. The molecular formula is C21H25N3O2. The molecule has 0 N–H and O–H groups in total. The average molecular weight is 351 g/mol. The zero-order valence-corrected chi connectivity index (χ0v) is 15.4. The SMILES string of the molecule is CCOc1ccc(-c2noc(CN(C)CCCc3ccccc3)n2)cc1. The van der Waals surface area contributed by atoms with E-state index in [9.17, 15) is 0 Å². The molecular weight excluding hydrogens is 326 g/mol. The fourth-order valence-corrected chi connectivity index (χ4v) is 2.81. The van der Waals surface area contributed by atoms with E-state index in [4.69, 9.17) is 9.26 Å². The molecule has 0 radical (unpaired) electrons. The number of benzene rings is 2. The van der Waals surface area contributed by atoms with Crippen molar-refractivity contribution in [3.05, 3.63) is 66.1 Å². The van der Waals surface area contributed by atoms with E-state index in [2.05, 4.69) is 46.4 Å². The number of aromatic nitrogens is 2. The van der Waals surface area contributed by atoms with E-state index < -0.39 is 0 Å². The lowest BCUT2D eigenvalue weighted by atomic mass is 10.1. The minimum Gasteiger partial charge on any atom is -0.494 e. The fourth-order valence-electron chi connectivity index (χ4n) is 2.81. The summed E-state index contributed by atoms with van der Waals surface area (Å²) in [6.07, 6.45) is 2.17. The monoisotopic (exact) mass is 351 g/mol. The summed E-state index contributed by atoms with van der Waals surface area (Å²) in [4.78, 5) is 6.71. The molecule has 5 heteroatoms. The topological polar surface area (TPSA) is 51.4 Å². The summed E-state index contributed by atoms with van der Waals surface area (Å²) in [5, 5.41) is 4.09. The lowest BCUT2D eigenvalue weighted by molar-refractivity contribution is 0.264. The Labute approximate surface area is 154 Å². The molecule has 3 rings (SSSR count). The minimum atomic E-state index is 0.612. The third kappa shape index (κ3) is 5.17. The van der Waals surface area contributed by atoms with Gasteiger partial charge in [0.2, 0.25) is 11.7 Å². The highest BCUT2D eigenvalue weighted by molar-refractivity contribution is 5.55. The number of aryl methyl sites for hydroxylation is 1. The van der Waals surface area contributed by atoms with Gasteiger partial charge in [-0.05, 0) is 63.2 Å². The molecule has 5 nitrogen and oxygen atoms in total. The van der Waals surface area contributed by atoms with Crippen molar-refractivity contribution in [2.75, 3.05) is 20.2 Å². The summed E-state index contributed by atoms with van der Waals surface area (Å²) in [5.74, 6) is 2.09. The summed E-state index contributed by atoms with van der Waals surface area (Å²) in [6.45, 7) is 4.26. The molecule has 0 unspecified atom stereocenters. The first-order valence-corrected chi connectivity index (χ1v) is 9.03. The second-order valence-corrected chi connectivity index (χ2v) is 6.30. The van der Waals surface area contributed by atoms with Gasteiger partial charge in [0.15, 0.2) is 0 Å². The van der Waals surface area contributed by atoms with Crippen molar-refractivity contribution in [1.29, 1.82) is 0 Å². The van der Waals surface area contributed by atoms with Crippen LogP contribution in [0.25, 0.3) is 11.4 Å². The van der Waals surface area contributed by atoms with Gasteiger partial charge in [-0.25, -0.2) is 0 Å². The number of hydrogen-bond acceptors (Lipinski definition) is 5. The molecule has 1 heterocycles. The second kappa shape index (κ2) is 9.15. The molecule has 0 saturated heterocycles. The van der Waals surface area contributed by atoms with Gasteiger partial charge in [-0.15, -0.1) is 0 Å². The predicted molar refractivity (Wildman–Crippen MR) is 102 cm³/mol. The van der Waals surface area contributed by atoms with E-state index in [0.717, 1.165) is 30.7 Å². The van der Waals surface area contributed by atoms with Crippen molar-refractivity contribution < 1.29 is 9.26 Å². The van der Waals surface area contributed by atoms with Crippen molar-refractivity contribution >= 4 is 0 Å². The first-order chi connectivity index (χ1) is 12.7. The van der Waals surface area contributed by atoms with Crippen LogP contribution in [0.1, 0.15) is 24.8 Å². The van der Waals surface area contributed by atoms with Gasteiger partial charge < -0.3 is 9.26 Å². The molecule has 0 atom stereocenters. The molecule has 0 aliphatic rings. The van der Waals surface area contributed by atoms with Gasteiger partial charge in [0.1, 0.15) is 5.75 Å². The van der Waals surface area contributed by atoms with Crippen LogP contribution in [0.15, 0.2) is 59.1 Å². The van der Waals surface area contributed by atoms with Gasteiger partial charge in [-0.3, -0.25) is 4.90 Å². The van der Waals surface area contributed by atoms with E-state index in [0.29, 0.717) is 24.9 Å². The van der Waals surface area contributed by atoms with Crippen molar-refractivity contribution in [2.45, 2.75) is 26.3 Å². The van der Waals surface area contributed by atoms with E-state index in [1.54, 1.807) is 0 Å². The van der Waals surface area contributed by atoms with Gasteiger partial charge >= 0.3 is 0 Å². The first kappa shape index (κ1) is 18.1. The Balaban J connectivity index is 1.49. The minimum absolute atomic E-state index is 0.612. The molecule has 26 heavy (non-hydrogen) atoms. The van der Waals surface area contributed by atoms with Crippen LogP contribution < -0.4 is 4.74 Å². The van der Waals surface area contributed by atoms with Crippen LogP contribution in [0.4, 0.5) is 0 Å². The number of rotatable bonds is 9. The van der Waals surface area contributed by atoms with Gasteiger partial charge in [0.05, 0.1) is 13.2 Å². The fraction of sp³-hybridized carbons (Fsp3) is 0.333. The van der Waals surface area contributed by atoms with Crippen LogP contribution in [0, 0.1) is 0 Å². The molecule has 1 aromatic heterocycles. The summed E-state index contributed by atoms with van der Waals surface area (Å²) in [6, 6.07) is 18.3. The van der Waals surface area contributed by atoms with E-state index in [1.165, 1.54) is 5.56 Å². The van der Waals surface area contributed by atoms with Crippen LogP contribution >= 0.6 is 0 Å². The molecule has 0 aliphatic carbocycles. The van der Waals surface area contributed by atoms with Crippen molar-refractivity contribution in [3.63, 3.8) is 0 Å². The molecule has 0 fully saturated rings. The van der Waals surface area contributed by atoms with Crippen molar-refractivity contribution in [1.82, 2.24) is 15.0 Å². The van der Waals surface area contributed by atoms with Crippen LogP contribution in [-0.2, 0) is 13.0 Å². The van der Waals surface area contributed by atoms with Crippen LogP contribution in [-0.4, -0.2) is 35.2 Å². The third-order valence-corrected chi connectivity index (χ3v) is 4.14. The Hall–Kier alpha value is -2.66. The summed E-state index contributed by atoms with van der Waals surface area (Å²) in [7, 11) is 2.08. The van der Waals surface area contributed by atoms with Crippen molar-refractivity contribution in [3.8, 4) is 17.1 Å². The standard InChI is InChI=1S/C21H25N3O2/c1-3-25-19-13-11-18(12-14-19)21-22-20(26-23-21)16-24(2)15-7-10-17-8-5-4-6-9-17/h4-6,8-9,11-14H,3,7,10,15-16H2,1-2H3. The molecule has 2 aromatic carbocycles. The summed E-state index contributed by atoms with van der Waals surface area (Å²) in [5.41, 5.74) is 2.30. The highest BCUT2D eigenvalue weighted by Gasteiger charge is 2.11. The molecule has 0 amide bonds. The summed E-state index contributed by atoms with van der Waals surface area (Å²) < 4.78 is 10.9. The zero-order valence-electron chi connectivity index (χ0n) is 15.4. The van der Waals surface area contributed by atoms with E-state index in [-0.39, 0.29) is 0 Å². The van der Waals surface area contributed by atoms with Gasteiger partial charge in [-0.1, -0.05) is 35.5 Å². The van der Waals surface area contributed by atoms with Crippen LogP contribution in [0.2, 0.25) is 0 Å². The van der Waals surface area contributed by atoms with Gasteiger partial charge in [0, 0.05) is 5.56 Å². The molecule has 0 saturated carbocycles. The highest BCUT2D eigenvalue weighted by atomic mass is 16.5. The largest absolute Gasteiger partial charge is 0.494 e. The highest BCUT2D eigenvalue weighted by Crippen LogP contribution is 2.20. The van der Waals surface area contributed by atoms with Crippen LogP contribution in [0.5, 0.6) is 5.75 Å². The average Bonchev–Trinajstić information content (AvgIpc) is 3.12. The summed E-state index contributed by atoms with van der Waals surface area (Å²) >= 11 is 0. The quantitative estimate of drug-likeness (QED) is 0.578.